The first-order valence-electron chi connectivity index (χ1n) is 17.8. The van der Waals surface area contributed by atoms with Crippen LogP contribution in [0, 0.1) is 17.8 Å². The summed E-state index contributed by atoms with van der Waals surface area (Å²) in [5.41, 5.74) is 8.18. The van der Waals surface area contributed by atoms with Crippen LogP contribution in [0.2, 0.25) is 5.82 Å². The average Bonchev–Trinajstić information content (AvgIpc) is 3.37. The van der Waals surface area contributed by atoms with Crippen molar-refractivity contribution in [2.75, 3.05) is 32.9 Å². The highest BCUT2D eigenvalue weighted by Crippen LogP contribution is 2.42. The van der Waals surface area contributed by atoms with Crippen molar-refractivity contribution in [1.82, 2.24) is 26.4 Å². The largest absolute Gasteiger partial charge is 0.454 e. The SMILES string of the molecule is CCNC(=O)C[C@@H]1N=C(C2CCC(Cl)CC2)C2CC(OCCOCCNC(=O)C3CCCC(B(O)O)C3)CCC2N2C(C)NNC12. The van der Waals surface area contributed by atoms with Gasteiger partial charge in [0.2, 0.25) is 11.8 Å². The third kappa shape index (κ3) is 9.22. The Morgan fingerprint density at radius 3 is 2.59 bits per heavy atom. The third-order valence-electron chi connectivity index (χ3n) is 10.9. The highest BCUT2D eigenvalue weighted by atomic mass is 35.5. The summed E-state index contributed by atoms with van der Waals surface area (Å²) in [7, 11) is -1.35. The number of rotatable bonds is 13. The van der Waals surface area contributed by atoms with Crippen LogP contribution in [-0.2, 0) is 19.1 Å². The zero-order chi connectivity index (χ0) is 32.6. The normalized spacial score (nSPS) is 36.6. The molecule has 0 aromatic rings. The van der Waals surface area contributed by atoms with Gasteiger partial charge in [0.05, 0.1) is 50.7 Å². The van der Waals surface area contributed by atoms with Gasteiger partial charge in [-0.15, -0.1) is 11.6 Å². The molecule has 4 fully saturated rings. The lowest BCUT2D eigenvalue weighted by Crippen LogP contribution is -2.55. The van der Waals surface area contributed by atoms with E-state index in [1.54, 1.807) is 0 Å². The van der Waals surface area contributed by atoms with E-state index in [9.17, 15) is 19.6 Å². The molecule has 2 heterocycles. The van der Waals surface area contributed by atoms with Gasteiger partial charge in [0, 0.05) is 42.1 Å². The van der Waals surface area contributed by atoms with Gasteiger partial charge in [0.15, 0.2) is 0 Å². The van der Waals surface area contributed by atoms with Gasteiger partial charge in [-0.05, 0) is 83.4 Å². The van der Waals surface area contributed by atoms with Crippen molar-refractivity contribution in [3.05, 3.63) is 0 Å². The summed E-state index contributed by atoms with van der Waals surface area (Å²) < 4.78 is 12.2. The fraction of sp³-hybridized carbons (Fsp3) is 0.906. The minimum absolute atomic E-state index is 0.0319. The molecule has 0 bridgehead atoms. The Balaban J connectivity index is 1.14. The summed E-state index contributed by atoms with van der Waals surface area (Å²) in [6.45, 7) is 6.52. The number of nitrogens with one attached hydrogen (secondary N) is 4. The van der Waals surface area contributed by atoms with Crippen molar-refractivity contribution in [1.29, 1.82) is 0 Å². The van der Waals surface area contributed by atoms with Crippen LogP contribution in [0.5, 0.6) is 0 Å². The number of hydrogen-bond acceptors (Lipinski definition) is 10. The zero-order valence-electron chi connectivity index (χ0n) is 27.7. The maximum atomic E-state index is 12.8. The van der Waals surface area contributed by atoms with Crippen molar-refractivity contribution in [2.45, 2.75) is 133 Å². The van der Waals surface area contributed by atoms with Crippen molar-refractivity contribution >= 4 is 36.2 Å². The number of hydrazine groups is 1. The van der Waals surface area contributed by atoms with Gasteiger partial charge >= 0.3 is 7.12 Å². The Bertz CT molecular complexity index is 1040. The average molecular weight is 667 g/mol. The van der Waals surface area contributed by atoms with E-state index in [0.29, 0.717) is 57.7 Å². The molecule has 2 amide bonds. The Morgan fingerprint density at radius 2 is 1.83 bits per heavy atom. The van der Waals surface area contributed by atoms with Gasteiger partial charge < -0.3 is 30.2 Å². The number of aliphatic imine (C=N–C) groups is 1. The molecule has 3 aliphatic carbocycles. The highest BCUT2D eigenvalue weighted by Gasteiger charge is 2.50. The van der Waals surface area contributed by atoms with E-state index in [4.69, 9.17) is 26.1 Å². The lowest BCUT2D eigenvalue weighted by atomic mass is 9.62. The van der Waals surface area contributed by atoms with E-state index >= 15 is 0 Å². The van der Waals surface area contributed by atoms with Crippen LogP contribution in [0.4, 0.5) is 0 Å². The Labute approximate surface area is 279 Å². The number of hydrogen-bond donors (Lipinski definition) is 6. The summed E-state index contributed by atoms with van der Waals surface area (Å²) in [6.07, 6.45) is 10.4. The monoisotopic (exact) mass is 666 g/mol. The standard InChI is InChI=1S/C32H56BClN6O6/c1-3-35-29(41)19-27-31-39-38-20(2)40(31)28-12-11-25(18-26(28)30(37-27)21-7-9-24(34)10-8-21)46-16-15-45-14-13-36-32(42)22-5-4-6-23(17-22)33(43)44/h20-28,31,38-39,43-44H,3-19H2,1-2H3,(H,35,41)(H,36,42)/t20?,21?,22?,23?,24?,25?,26?,27-,28?,31?/m0/s1. The van der Waals surface area contributed by atoms with E-state index in [1.165, 1.54) is 5.71 Å². The maximum Gasteiger partial charge on any atom is 0.454 e. The van der Waals surface area contributed by atoms with Crippen LogP contribution in [0.3, 0.4) is 0 Å². The minimum Gasteiger partial charge on any atom is -0.427 e. The quantitative estimate of drug-likeness (QED) is 0.0983. The Hall–Kier alpha value is -1.32. The summed E-state index contributed by atoms with van der Waals surface area (Å²) >= 11 is 6.52. The number of amides is 2. The molecule has 0 radical (unpaired) electrons. The molecule has 260 valence electrons. The molecule has 14 heteroatoms. The van der Waals surface area contributed by atoms with Crippen LogP contribution < -0.4 is 21.5 Å². The molecular formula is C32H56BClN6O6. The number of nitrogens with zero attached hydrogens (tertiary/aromatic N) is 2. The lowest BCUT2D eigenvalue weighted by Gasteiger charge is -2.44. The zero-order valence-corrected chi connectivity index (χ0v) is 28.4. The molecule has 0 spiro atoms. The number of alkyl halides is 1. The van der Waals surface area contributed by atoms with Crippen molar-refractivity contribution in [2.24, 2.45) is 22.7 Å². The van der Waals surface area contributed by atoms with Crippen LogP contribution in [0.25, 0.3) is 0 Å². The van der Waals surface area contributed by atoms with Crippen LogP contribution in [-0.4, -0.2) is 108 Å². The van der Waals surface area contributed by atoms with Crippen molar-refractivity contribution < 1.29 is 29.1 Å². The van der Waals surface area contributed by atoms with Gasteiger partial charge in [0.25, 0.3) is 0 Å². The molecule has 0 aromatic carbocycles. The topological polar surface area (TPSA) is 157 Å². The predicted molar refractivity (Wildman–Crippen MR) is 178 cm³/mol. The lowest BCUT2D eigenvalue weighted by molar-refractivity contribution is -0.126. The smallest absolute Gasteiger partial charge is 0.427 e. The fourth-order valence-electron chi connectivity index (χ4n) is 8.56. The Kier molecular flexibility index (Phi) is 13.6. The molecule has 5 rings (SSSR count). The second-order valence-corrected chi connectivity index (χ2v) is 14.6. The predicted octanol–water partition coefficient (Wildman–Crippen LogP) is 1.94. The van der Waals surface area contributed by atoms with Gasteiger partial charge in [-0.3, -0.25) is 19.5 Å². The van der Waals surface area contributed by atoms with Crippen LogP contribution in [0.15, 0.2) is 4.99 Å². The maximum absolute atomic E-state index is 12.8. The van der Waals surface area contributed by atoms with E-state index < -0.39 is 7.12 Å². The number of fused-ring (bicyclic) bond motifs is 3. The number of carbonyl (C=O) groups excluding carboxylic acids is 2. The van der Waals surface area contributed by atoms with E-state index in [-0.39, 0.29) is 59.3 Å². The summed E-state index contributed by atoms with van der Waals surface area (Å²) in [4.78, 5) is 33.3. The van der Waals surface area contributed by atoms with Crippen molar-refractivity contribution in [3.8, 4) is 0 Å². The second-order valence-electron chi connectivity index (χ2n) is 14.0. The molecule has 46 heavy (non-hydrogen) atoms. The first-order valence-corrected chi connectivity index (χ1v) is 18.3. The molecule has 2 aliphatic heterocycles. The first-order chi connectivity index (χ1) is 22.2. The molecule has 3 saturated carbocycles. The third-order valence-corrected chi connectivity index (χ3v) is 11.3. The molecular weight excluding hydrogens is 611 g/mol. The van der Waals surface area contributed by atoms with Crippen LogP contribution >= 0.6 is 11.6 Å². The number of ether oxygens (including phenoxy) is 2. The van der Waals surface area contributed by atoms with E-state index in [2.05, 4.69) is 33.3 Å². The van der Waals surface area contributed by atoms with Gasteiger partial charge in [-0.25, -0.2) is 10.9 Å². The number of carbonyl (C=O) groups is 2. The minimum atomic E-state index is -1.35. The summed E-state index contributed by atoms with van der Waals surface area (Å²) in [6, 6.07) is 0.140. The van der Waals surface area contributed by atoms with E-state index in [0.717, 1.165) is 64.2 Å². The number of halogens is 1. The van der Waals surface area contributed by atoms with Gasteiger partial charge in [0.1, 0.15) is 0 Å². The van der Waals surface area contributed by atoms with Crippen molar-refractivity contribution in [3.63, 3.8) is 0 Å². The molecule has 8 atom stereocenters. The van der Waals surface area contributed by atoms with Gasteiger partial charge in [-0.2, -0.15) is 0 Å². The molecule has 5 aliphatic rings. The fourth-order valence-corrected chi connectivity index (χ4v) is 8.81. The second kappa shape index (κ2) is 17.4. The summed E-state index contributed by atoms with van der Waals surface area (Å²) in [5, 5.41) is 25.1. The molecule has 6 N–H and O–H groups in total. The molecule has 0 aromatic heterocycles. The highest BCUT2D eigenvalue weighted by molar-refractivity contribution is 6.43. The first kappa shape index (κ1) is 36.0. The molecule has 1 saturated heterocycles. The Morgan fingerprint density at radius 1 is 1.02 bits per heavy atom. The summed E-state index contributed by atoms with van der Waals surface area (Å²) in [5.74, 6) is 0.246. The molecule has 7 unspecified atom stereocenters. The molecule has 12 nitrogen and oxygen atoms in total. The van der Waals surface area contributed by atoms with Crippen LogP contribution in [0.1, 0.15) is 90.9 Å². The van der Waals surface area contributed by atoms with E-state index in [1.807, 2.05) is 6.92 Å². The van der Waals surface area contributed by atoms with Gasteiger partial charge in [-0.1, -0.05) is 12.8 Å².